The van der Waals surface area contributed by atoms with Gasteiger partial charge in [-0.2, -0.15) is 5.10 Å². The molecule has 39 heavy (non-hydrogen) atoms. The number of hydrogen-bond acceptors (Lipinski definition) is 6. The number of urea groups is 1. The van der Waals surface area contributed by atoms with Gasteiger partial charge < -0.3 is 15.0 Å². The topological polar surface area (TPSA) is 101 Å². The van der Waals surface area contributed by atoms with E-state index in [1.54, 1.807) is 11.8 Å². The first-order valence-corrected chi connectivity index (χ1v) is 14.1. The van der Waals surface area contributed by atoms with Crippen LogP contribution >= 0.6 is 22.9 Å². The molecule has 1 atom stereocenters. The highest BCUT2D eigenvalue weighted by molar-refractivity contribution is 7.19. The second-order valence-electron chi connectivity index (χ2n) is 9.46. The smallest absolute Gasteiger partial charge is 0.321 e. The van der Waals surface area contributed by atoms with Crippen LogP contribution in [0.15, 0.2) is 54.6 Å². The maximum Gasteiger partial charge on any atom is 0.321 e. The maximum atomic E-state index is 12.8. The Kier molecular flexibility index (Phi) is 7.07. The summed E-state index contributed by atoms with van der Waals surface area (Å²) in [5.41, 5.74) is 5.68. The molecule has 4 aromatic rings. The van der Waals surface area contributed by atoms with E-state index >= 15 is 0 Å². The fourth-order valence-corrected chi connectivity index (χ4v) is 6.28. The highest BCUT2D eigenvalue weighted by Crippen LogP contribution is 2.44. The van der Waals surface area contributed by atoms with Gasteiger partial charge in [-0.05, 0) is 31.9 Å². The van der Waals surface area contributed by atoms with Crippen molar-refractivity contribution in [2.75, 3.05) is 31.6 Å². The molecule has 3 amide bonds. The van der Waals surface area contributed by atoms with Crippen molar-refractivity contribution in [1.82, 2.24) is 25.0 Å². The van der Waals surface area contributed by atoms with Crippen molar-refractivity contribution < 1.29 is 14.3 Å². The lowest BCUT2D eigenvalue weighted by Gasteiger charge is -2.29. The summed E-state index contributed by atoms with van der Waals surface area (Å²) in [6.45, 7) is 3.75. The Bertz CT molecular complexity index is 1530. The Hall–Kier alpha value is -3.73. The quantitative estimate of drug-likeness (QED) is 0.364. The molecule has 6 rings (SSSR count). The van der Waals surface area contributed by atoms with Gasteiger partial charge >= 0.3 is 6.03 Å². The van der Waals surface area contributed by atoms with Crippen molar-refractivity contribution >= 4 is 40.0 Å². The summed E-state index contributed by atoms with van der Waals surface area (Å²) >= 11 is 8.01. The predicted octanol–water partition coefficient (Wildman–Crippen LogP) is 4.78. The number of carbonyl (C=O) groups excluding carboxylic acids is 2. The van der Waals surface area contributed by atoms with Crippen LogP contribution in [0.2, 0.25) is 5.02 Å². The first-order valence-electron chi connectivity index (χ1n) is 12.9. The average Bonchev–Trinajstić information content (AvgIpc) is 3.55. The summed E-state index contributed by atoms with van der Waals surface area (Å²) in [6.07, 6.45) is 1.49. The normalized spacial score (nSPS) is 15.3. The number of benzene rings is 2. The third-order valence-corrected chi connectivity index (χ3v) is 8.24. The summed E-state index contributed by atoms with van der Waals surface area (Å²) in [5, 5.41) is 11.7. The third kappa shape index (κ3) is 5.03. The summed E-state index contributed by atoms with van der Waals surface area (Å²) < 4.78 is 7.20. The summed E-state index contributed by atoms with van der Waals surface area (Å²) in [4.78, 5) is 32.9. The van der Waals surface area contributed by atoms with Crippen molar-refractivity contribution in [2.45, 2.75) is 25.8 Å². The molecule has 9 nitrogen and oxygen atoms in total. The number of ether oxygens (including phenoxy) is 1. The highest BCUT2D eigenvalue weighted by atomic mass is 35.5. The molecule has 0 spiro atoms. The van der Waals surface area contributed by atoms with E-state index in [0.717, 1.165) is 51.6 Å². The van der Waals surface area contributed by atoms with Gasteiger partial charge in [0.1, 0.15) is 6.04 Å². The van der Waals surface area contributed by atoms with E-state index in [4.69, 9.17) is 26.4 Å². The van der Waals surface area contributed by atoms with Crippen LogP contribution in [0.1, 0.15) is 18.2 Å². The van der Waals surface area contributed by atoms with Crippen LogP contribution in [-0.2, 0) is 22.4 Å². The number of nitrogens with zero attached hydrogens (tertiary/aromatic N) is 4. The van der Waals surface area contributed by atoms with E-state index in [1.807, 2.05) is 47.1 Å². The van der Waals surface area contributed by atoms with Gasteiger partial charge in [0, 0.05) is 24.2 Å². The van der Waals surface area contributed by atoms with Crippen molar-refractivity contribution in [1.29, 1.82) is 0 Å². The predicted molar refractivity (Wildman–Crippen MR) is 152 cm³/mol. The summed E-state index contributed by atoms with van der Waals surface area (Å²) in [7, 11) is 0. The van der Waals surface area contributed by atoms with Crippen molar-refractivity contribution in [2.24, 2.45) is 0 Å². The number of hydrogen-bond donors (Lipinski definition) is 2. The van der Waals surface area contributed by atoms with Crippen LogP contribution in [0.3, 0.4) is 0 Å². The first-order chi connectivity index (χ1) is 19.0. The zero-order chi connectivity index (χ0) is 26.9. The van der Waals surface area contributed by atoms with Gasteiger partial charge in [-0.3, -0.25) is 10.1 Å². The lowest BCUT2D eigenvalue weighted by molar-refractivity contribution is -0.136. The van der Waals surface area contributed by atoms with Gasteiger partial charge in [-0.1, -0.05) is 65.4 Å². The number of halogens is 1. The fraction of sp³-hybridized carbons (Fsp3) is 0.286. The molecule has 2 aliphatic rings. The van der Waals surface area contributed by atoms with Gasteiger partial charge in [0.2, 0.25) is 5.91 Å². The van der Waals surface area contributed by atoms with Crippen molar-refractivity contribution in [3.63, 3.8) is 0 Å². The summed E-state index contributed by atoms with van der Waals surface area (Å²) in [5.74, 6) is -0.131. The van der Waals surface area contributed by atoms with Crippen LogP contribution in [0.4, 0.5) is 9.93 Å². The van der Waals surface area contributed by atoms with Crippen LogP contribution < -0.4 is 10.6 Å². The number of carbonyl (C=O) groups is 2. The van der Waals surface area contributed by atoms with E-state index in [2.05, 4.69) is 22.8 Å². The molecule has 3 heterocycles. The van der Waals surface area contributed by atoms with Gasteiger partial charge in [0.25, 0.3) is 0 Å². The number of amides is 3. The Morgan fingerprint density at radius 3 is 2.56 bits per heavy atom. The molecule has 11 heteroatoms. The maximum absolute atomic E-state index is 12.8. The molecule has 2 N–H and O–H groups in total. The van der Waals surface area contributed by atoms with Crippen LogP contribution in [0.25, 0.3) is 27.5 Å². The Morgan fingerprint density at radius 1 is 1.05 bits per heavy atom. The molecule has 200 valence electrons. The van der Waals surface area contributed by atoms with Crippen LogP contribution in [-0.4, -0.2) is 63.9 Å². The van der Waals surface area contributed by atoms with E-state index in [0.29, 0.717) is 36.5 Å². The molecule has 0 unspecified atom stereocenters. The SMILES string of the molecule is C[C@H](NC(=O)Nc1nc2c(s1)-c1c(c(-c3ccccc3)nn1-c1ccccc1Cl)CC2)C(=O)N1CCOCC1. The van der Waals surface area contributed by atoms with Gasteiger partial charge in [0.05, 0.1) is 45.9 Å². The standard InChI is InChI=1S/C28H27ClN6O3S/c1-17(26(36)34-13-15-38-16-14-34)30-27(37)32-28-31-21-12-11-19-23(18-7-3-2-4-8-18)33-35(24(19)25(21)39-28)22-10-6-5-9-20(22)29/h2-10,17H,11-16H2,1H3,(H2,30,31,32,37)/t17-/m0/s1. The molecule has 1 aliphatic heterocycles. The average molecular weight is 563 g/mol. The number of aromatic nitrogens is 3. The van der Waals surface area contributed by atoms with Gasteiger partial charge in [0.15, 0.2) is 5.13 Å². The number of morpholine rings is 1. The molecule has 2 aromatic heterocycles. The molecule has 2 aromatic carbocycles. The Labute approximate surface area is 234 Å². The molecule has 1 saturated heterocycles. The van der Waals surface area contributed by atoms with E-state index in [-0.39, 0.29) is 5.91 Å². The zero-order valence-corrected chi connectivity index (χ0v) is 22.9. The Morgan fingerprint density at radius 2 is 1.79 bits per heavy atom. The van der Waals surface area contributed by atoms with Crippen LogP contribution in [0, 0.1) is 0 Å². The minimum atomic E-state index is -0.667. The zero-order valence-electron chi connectivity index (χ0n) is 21.3. The lowest BCUT2D eigenvalue weighted by atomic mass is 9.95. The van der Waals surface area contributed by atoms with Crippen molar-refractivity contribution in [3.05, 3.63) is 70.9 Å². The minimum Gasteiger partial charge on any atom is -0.378 e. The third-order valence-electron chi connectivity index (χ3n) is 6.90. The largest absolute Gasteiger partial charge is 0.378 e. The number of para-hydroxylation sites is 1. The summed E-state index contributed by atoms with van der Waals surface area (Å²) in [6, 6.07) is 16.6. The molecule has 0 radical (unpaired) electrons. The van der Waals surface area contributed by atoms with E-state index < -0.39 is 12.1 Å². The fourth-order valence-electron chi connectivity index (χ4n) is 5.00. The second-order valence-corrected chi connectivity index (χ2v) is 10.9. The number of aryl methyl sites for hydroxylation is 1. The van der Waals surface area contributed by atoms with Crippen LogP contribution in [0.5, 0.6) is 0 Å². The molecule has 0 bridgehead atoms. The van der Waals surface area contributed by atoms with Gasteiger partial charge in [-0.15, -0.1) is 0 Å². The molecule has 1 aliphatic carbocycles. The van der Waals surface area contributed by atoms with Gasteiger partial charge in [-0.25, -0.2) is 14.5 Å². The first kappa shape index (κ1) is 25.5. The number of fused-ring (bicyclic) bond motifs is 3. The number of thiazole rings is 1. The second kappa shape index (κ2) is 10.8. The minimum absolute atomic E-state index is 0.131. The molecule has 1 fully saturated rings. The highest BCUT2D eigenvalue weighted by Gasteiger charge is 2.31. The van der Waals surface area contributed by atoms with E-state index in [1.165, 1.54) is 11.3 Å². The molecular formula is C28H27ClN6O3S. The number of rotatable bonds is 5. The van der Waals surface area contributed by atoms with Crippen molar-refractivity contribution in [3.8, 4) is 27.5 Å². The monoisotopic (exact) mass is 562 g/mol. The molecule has 0 saturated carbocycles. The number of nitrogens with one attached hydrogen (secondary N) is 2. The number of anilines is 1. The van der Waals surface area contributed by atoms with E-state index in [9.17, 15) is 9.59 Å². The lowest BCUT2D eigenvalue weighted by Crippen LogP contribution is -2.51. The Balaban J connectivity index is 1.30. The molecular weight excluding hydrogens is 536 g/mol.